The van der Waals surface area contributed by atoms with Gasteiger partial charge in [-0.25, -0.2) is 0 Å². The van der Waals surface area contributed by atoms with Crippen LogP contribution in [0.3, 0.4) is 0 Å². The van der Waals surface area contributed by atoms with Crippen molar-refractivity contribution in [3.05, 3.63) is 43.0 Å². The zero-order valence-electron chi connectivity index (χ0n) is 12.5. The fourth-order valence-corrected chi connectivity index (χ4v) is 3.33. The normalized spacial score (nSPS) is 17.6. The van der Waals surface area contributed by atoms with Gasteiger partial charge < -0.3 is 15.5 Å². The Morgan fingerprint density at radius 1 is 1.32 bits per heavy atom. The molecule has 2 rings (SSSR count). The molecule has 1 unspecified atom stereocenters. The van der Waals surface area contributed by atoms with Gasteiger partial charge in [0.2, 0.25) is 11.8 Å². The first kappa shape index (κ1) is 16.4. The largest absolute Gasteiger partial charge is 0.383 e. The molecular formula is C16H21N3O2S. The predicted octanol–water partition coefficient (Wildman–Crippen LogP) is 1.34. The summed E-state index contributed by atoms with van der Waals surface area (Å²) in [5.74, 6) is 0.658. The van der Waals surface area contributed by atoms with Gasteiger partial charge >= 0.3 is 0 Å². The molecule has 1 aromatic carbocycles. The lowest BCUT2D eigenvalue weighted by molar-refractivity contribution is -0.127. The van der Waals surface area contributed by atoms with Crippen molar-refractivity contribution in [2.75, 3.05) is 37.2 Å². The highest BCUT2D eigenvalue weighted by atomic mass is 32.2. The summed E-state index contributed by atoms with van der Waals surface area (Å²) in [6, 6.07) is 9.86. The number of carbonyl (C=O) groups excluding carboxylic acids is 2. The van der Waals surface area contributed by atoms with Gasteiger partial charge in [0, 0.05) is 37.6 Å². The Bertz CT molecular complexity index is 521. The minimum atomic E-state index is -0.200. The maximum Gasteiger partial charge on any atom is 0.246 e. The van der Waals surface area contributed by atoms with Crippen LogP contribution in [0, 0.1) is 0 Å². The highest BCUT2D eigenvalue weighted by Gasteiger charge is 2.27. The Morgan fingerprint density at radius 2 is 2.09 bits per heavy atom. The summed E-state index contributed by atoms with van der Waals surface area (Å²) in [7, 11) is 0. The Labute approximate surface area is 135 Å². The van der Waals surface area contributed by atoms with Crippen molar-refractivity contribution >= 4 is 29.3 Å². The monoisotopic (exact) mass is 319 g/mol. The number of rotatable bonds is 6. The van der Waals surface area contributed by atoms with Crippen LogP contribution in [0.25, 0.3) is 0 Å². The average Bonchev–Trinajstić information content (AvgIpc) is 2.59. The summed E-state index contributed by atoms with van der Waals surface area (Å²) in [6.45, 7) is 5.84. The van der Waals surface area contributed by atoms with E-state index in [-0.39, 0.29) is 17.1 Å². The number of thioether (sulfide) groups is 1. The van der Waals surface area contributed by atoms with Crippen molar-refractivity contribution in [3.63, 3.8) is 0 Å². The molecule has 22 heavy (non-hydrogen) atoms. The first-order valence-corrected chi connectivity index (χ1v) is 8.35. The number of hydrogen-bond acceptors (Lipinski definition) is 4. The molecule has 0 bridgehead atoms. The molecule has 1 aliphatic rings. The minimum absolute atomic E-state index is 0.0126. The SMILES string of the molecule is C=CC(=O)N1CCSC(C(=O)NCCNc2ccccc2)C1. The lowest BCUT2D eigenvalue weighted by Crippen LogP contribution is -2.48. The molecule has 118 valence electrons. The number of anilines is 1. The molecule has 0 radical (unpaired) electrons. The van der Waals surface area contributed by atoms with E-state index in [0.717, 1.165) is 11.4 Å². The second-order valence-corrected chi connectivity index (χ2v) is 6.24. The molecule has 2 amide bonds. The Hall–Kier alpha value is -1.95. The van der Waals surface area contributed by atoms with Crippen LogP contribution in [0.2, 0.25) is 0 Å². The van der Waals surface area contributed by atoms with Crippen LogP contribution in [-0.2, 0) is 9.59 Å². The highest BCUT2D eigenvalue weighted by Crippen LogP contribution is 2.19. The van der Waals surface area contributed by atoms with Crippen LogP contribution in [0.4, 0.5) is 5.69 Å². The van der Waals surface area contributed by atoms with Gasteiger partial charge in [-0.15, -0.1) is 11.8 Å². The van der Waals surface area contributed by atoms with Crippen molar-refractivity contribution in [2.24, 2.45) is 0 Å². The van der Waals surface area contributed by atoms with E-state index in [4.69, 9.17) is 0 Å². The van der Waals surface area contributed by atoms with Crippen molar-refractivity contribution in [2.45, 2.75) is 5.25 Å². The summed E-state index contributed by atoms with van der Waals surface area (Å²) >= 11 is 1.60. The Balaban J connectivity index is 1.70. The van der Waals surface area contributed by atoms with Gasteiger partial charge in [-0.3, -0.25) is 9.59 Å². The first-order chi connectivity index (χ1) is 10.7. The van der Waals surface area contributed by atoms with E-state index < -0.39 is 0 Å². The van der Waals surface area contributed by atoms with Crippen LogP contribution in [0.1, 0.15) is 0 Å². The number of para-hydroxylation sites is 1. The van der Waals surface area contributed by atoms with Crippen molar-refractivity contribution < 1.29 is 9.59 Å². The number of benzene rings is 1. The zero-order valence-corrected chi connectivity index (χ0v) is 13.3. The van der Waals surface area contributed by atoms with Gasteiger partial charge in [-0.05, 0) is 18.2 Å². The fraction of sp³-hybridized carbons (Fsp3) is 0.375. The van der Waals surface area contributed by atoms with Gasteiger partial charge in [0.15, 0.2) is 0 Å². The maximum atomic E-state index is 12.1. The third-order valence-corrected chi connectivity index (χ3v) is 4.56. The molecular weight excluding hydrogens is 298 g/mol. The average molecular weight is 319 g/mol. The van der Waals surface area contributed by atoms with Crippen molar-refractivity contribution in [1.29, 1.82) is 0 Å². The zero-order chi connectivity index (χ0) is 15.8. The summed E-state index contributed by atoms with van der Waals surface area (Å²) in [5, 5.41) is 5.95. The van der Waals surface area contributed by atoms with E-state index in [1.165, 1.54) is 6.08 Å². The summed E-state index contributed by atoms with van der Waals surface area (Å²) < 4.78 is 0. The van der Waals surface area contributed by atoms with Crippen LogP contribution in [-0.4, -0.2) is 53.9 Å². The third-order valence-electron chi connectivity index (χ3n) is 3.37. The molecule has 1 heterocycles. The molecule has 5 nitrogen and oxygen atoms in total. The molecule has 1 fully saturated rings. The van der Waals surface area contributed by atoms with Gasteiger partial charge in [-0.1, -0.05) is 24.8 Å². The number of nitrogens with one attached hydrogen (secondary N) is 2. The van der Waals surface area contributed by atoms with Gasteiger partial charge in [0.05, 0.1) is 0 Å². The molecule has 0 aromatic heterocycles. The highest BCUT2D eigenvalue weighted by molar-refractivity contribution is 8.00. The Morgan fingerprint density at radius 3 is 2.82 bits per heavy atom. The van der Waals surface area contributed by atoms with Crippen molar-refractivity contribution in [3.8, 4) is 0 Å². The molecule has 0 spiro atoms. The number of nitrogens with zero attached hydrogens (tertiary/aromatic N) is 1. The second-order valence-electron chi connectivity index (χ2n) is 4.93. The maximum absolute atomic E-state index is 12.1. The van der Waals surface area contributed by atoms with E-state index in [1.807, 2.05) is 30.3 Å². The van der Waals surface area contributed by atoms with Gasteiger partial charge in [0.1, 0.15) is 5.25 Å². The van der Waals surface area contributed by atoms with Crippen LogP contribution in [0.5, 0.6) is 0 Å². The minimum Gasteiger partial charge on any atom is -0.383 e. The molecule has 0 saturated carbocycles. The molecule has 0 aliphatic carbocycles. The van der Waals surface area contributed by atoms with E-state index in [2.05, 4.69) is 17.2 Å². The fourth-order valence-electron chi connectivity index (χ4n) is 2.20. The number of amides is 2. The lowest BCUT2D eigenvalue weighted by atomic mass is 10.3. The quantitative estimate of drug-likeness (QED) is 0.614. The summed E-state index contributed by atoms with van der Waals surface area (Å²) in [5.41, 5.74) is 1.03. The molecule has 1 saturated heterocycles. The molecule has 6 heteroatoms. The Kier molecular flexibility index (Phi) is 6.33. The smallest absolute Gasteiger partial charge is 0.246 e. The van der Waals surface area contributed by atoms with Gasteiger partial charge in [-0.2, -0.15) is 0 Å². The summed E-state index contributed by atoms with van der Waals surface area (Å²) in [6.07, 6.45) is 1.30. The second kappa shape index (κ2) is 8.48. The predicted molar refractivity (Wildman–Crippen MR) is 91.0 cm³/mol. The molecule has 2 N–H and O–H groups in total. The first-order valence-electron chi connectivity index (χ1n) is 7.30. The van der Waals surface area contributed by atoms with E-state index in [9.17, 15) is 9.59 Å². The van der Waals surface area contributed by atoms with Crippen molar-refractivity contribution in [1.82, 2.24) is 10.2 Å². The van der Waals surface area contributed by atoms with Crippen LogP contribution in [0.15, 0.2) is 43.0 Å². The van der Waals surface area contributed by atoms with E-state index in [1.54, 1.807) is 16.7 Å². The molecule has 1 atom stereocenters. The van der Waals surface area contributed by atoms with E-state index in [0.29, 0.717) is 26.2 Å². The molecule has 1 aromatic rings. The van der Waals surface area contributed by atoms with E-state index >= 15 is 0 Å². The van der Waals surface area contributed by atoms with Gasteiger partial charge in [0.25, 0.3) is 0 Å². The number of carbonyl (C=O) groups is 2. The van der Waals surface area contributed by atoms with Crippen LogP contribution < -0.4 is 10.6 Å². The standard InChI is InChI=1S/C16H21N3O2S/c1-2-15(20)19-10-11-22-14(12-19)16(21)18-9-8-17-13-6-4-3-5-7-13/h2-7,14,17H,1,8-12H2,(H,18,21). The third kappa shape index (κ3) is 4.80. The lowest BCUT2D eigenvalue weighted by Gasteiger charge is -2.30. The number of hydrogen-bond donors (Lipinski definition) is 2. The molecule has 1 aliphatic heterocycles. The topological polar surface area (TPSA) is 61.4 Å². The summed E-state index contributed by atoms with van der Waals surface area (Å²) in [4.78, 5) is 25.4. The van der Waals surface area contributed by atoms with Crippen LogP contribution >= 0.6 is 11.8 Å².